The van der Waals surface area contributed by atoms with E-state index in [1.807, 2.05) is 18.2 Å². The van der Waals surface area contributed by atoms with Crippen LogP contribution in [-0.2, 0) is 6.42 Å². The van der Waals surface area contributed by atoms with Crippen molar-refractivity contribution in [3.05, 3.63) is 33.8 Å². The van der Waals surface area contributed by atoms with Gasteiger partial charge in [-0.2, -0.15) is 0 Å². The van der Waals surface area contributed by atoms with Gasteiger partial charge in [0.05, 0.1) is 0 Å². The summed E-state index contributed by atoms with van der Waals surface area (Å²) in [5.74, 6) is 0. The molecule has 70 valence electrons. The van der Waals surface area contributed by atoms with Crippen LogP contribution in [-0.4, -0.2) is 11.6 Å². The minimum absolute atomic E-state index is 0.717. The molecule has 1 aromatic carbocycles. The summed E-state index contributed by atoms with van der Waals surface area (Å²) >= 11 is 6.83. The third-order valence-electron chi connectivity index (χ3n) is 1.79. The summed E-state index contributed by atoms with van der Waals surface area (Å²) in [6.45, 7) is 0. The lowest BCUT2D eigenvalue weighted by Gasteiger charge is -2.03. The van der Waals surface area contributed by atoms with Crippen LogP contribution in [0.4, 0.5) is 0 Å². The van der Waals surface area contributed by atoms with Crippen LogP contribution in [0.2, 0.25) is 0 Å². The molecule has 0 saturated heterocycles. The monoisotopic (exact) mass is 304 g/mol. The second-order valence-electron chi connectivity index (χ2n) is 2.76. The summed E-state index contributed by atoms with van der Waals surface area (Å²) in [4.78, 5) is 10.5. The van der Waals surface area contributed by atoms with Crippen LogP contribution in [0.5, 0.6) is 0 Å². The van der Waals surface area contributed by atoms with Crippen molar-refractivity contribution in [2.45, 2.75) is 12.8 Å². The minimum atomic E-state index is 0.717. The summed E-state index contributed by atoms with van der Waals surface area (Å²) in [7, 11) is 0. The first-order valence-corrected chi connectivity index (χ1v) is 5.99. The average molecular weight is 306 g/mol. The van der Waals surface area contributed by atoms with Crippen molar-refractivity contribution in [1.29, 1.82) is 0 Å². The van der Waals surface area contributed by atoms with E-state index in [9.17, 15) is 4.79 Å². The SMILES string of the molecule is O=Cc1ccc(CCCBr)c(Br)c1. The molecule has 0 amide bonds. The lowest BCUT2D eigenvalue weighted by Crippen LogP contribution is -1.89. The highest BCUT2D eigenvalue weighted by Crippen LogP contribution is 2.19. The summed E-state index contributed by atoms with van der Waals surface area (Å²) in [6, 6.07) is 5.70. The van der Waals surface area contributed by atoms with Gasteiger partial charge >= 0.3 is 0 Å². The molecule has 0 radical (unpaired) electrons. The van der Waals surface area contributed by atoms with Gasteiger partial charge in [0.25, 0.3) is 0 Å². The van der Waals surface area contributed by atoms with E-state index in [0.717, 1.165) is 34.5 Å². The van der Waals surface area contributed by atoms with Gasteiger partial charge in [0.1, 0.15) is 6.29 Å². The van der Waals surface area contributed by atoms with Crippen LogP contribution in [0.25, 0.3) is 0 Å². The summed E-state index contributed by atoms with van der Waals surface area (Å²) in [6.07, 6.45) is 3.00. The fourth-order valence-corrected chi connectivity index (χ4v) is 1.97. The molecule has 0 aliphatic rings. The summed E-state index contributed by atoms with van der Waals surface area (Å²) < 4.78 is 1.03. The maximum absolute atomic E-state index is 10.5. The number of hydrogen-bond donors (Lipinski definition) is 0. The quantitative estimate of drug-likeness (QED) is 0.614. The third kappa shape index (κ3) is 3.24. The van der Waals surface area contributed by atoms with Gasteiger partial charge in [-0.3, -0.25) is 4.79 Å². The molecule has 0 heterocycles. The average Bonchev–Trinajstić information content (AvgIpc) is 2.16. The highest BCUT2D eigenvalue weighted by atomic mass is 79.9. The van der Waals surface area contributed by atoms with Crippen LogP contribution in [0.15, 0.2) is 22.7 Å². The topological polar surface area (TPSA) is 17.1 Å². The number of halogens is 2. The van der Waals surface area contributed by atoms with Crippen LogP contribution in [0.3, 0.4) is 0 Å². The van der Waals surface area contributed by atoms with Crippen LogP contribution in [0.1, 0.15) is 22.3 Å². The molecule has 0 aliphatic carbocycles. The van der Waals surface area contributed by atoms with E-state index in [1.54, 1.807) is 0 Å². The number of rotatable bonds is 4. The van der Waals surface area contributed by atoms with Crippen molar-refractivity contribution in [3.8, 4) is 0 Å². The fourth-order valence-electron chi connectivity index (χ4n) is 1.10. The molecule has 13 heavy (non-hydrogen) atoms. The van der Waals surface area contributed by atoms with Crippen LogP contribution >= 0.6 is 31.9 Å². The minimum Gasteiger partial charge on any atom is -0.298 e. The largest absolute Gasteiger partial charge is 0.298 e. The summed E-state index contributed by atoms with van der Waals surface area (Å²) in [5, 5.41) is 1.01. The molecule has 0 saturated carbocycles. The van der Waals surface area contributed by atoms with Gasteiger partial charge in [-0.05, 0) is 24.5 Å². The molecule has 0 spiro atoms. The Hall–Kier alpha value is -0.150. The van der Waals surface area contributed by atoms with Crippen molar-refractivity contribution in [2.24, 2.45) is 0 Å². The van der Waals surface area contributed by atoms with E-state index < -0.39 is 0 Å². The Balaban J connectivity index is 2.79. The Morgan fingerprint density at radius 1 is 1.38 bits per heavy atom. The van der Waals surface area contributed by atoms with Crippen LogP contribution < -0.4 is 0 Å². The second-order valence-corrected chi connectivity index (χ2v) is 4.41. The van der Waals surface area contributed by atoms with E-state index in [4.69, 9.17) is 0 Å². The number of alkyl halides is 1. The molecular weight excluding hydrogens is 296 g/mol. The van der Waals surface area contributed by atoms with Crippen molar-refractivity contribution in [3.63, 3.8) is 0 Å². The zero-order valence-corrected chi connectivity index (χ0v) is 10.3. The zero-order chi connectivity index (χ0) is 9.68. The highest BCUT2D eigenvalue weighted by Gasteiger charge is 2.00. The second kappa shape index (κ2) is 5.55. The smallest absolute Gasteiger partial charge is 0.150 e. The highest BCUT2D eigenvalue weighted by molar-refractivity contribution is 9.10. The number of aryl methyl sites for hydroxylation is 1. The lowest BCUT2D eigenvalue weighted by atomic mass is 10.1. The molecule has 0 N–H and O–H groups in total. The van der Waals surface area contributed by atoms with Crippen molar-refractivity contribution in [2.75, 3.05) is 5.33 Å². The van der Waals surface area contributed by atoms with Gasteiger partial charge in [-0.25, -0.2) is 0 Å². The summed E-state index contributed by atoms with van der Waals surface area (Å²) in [5.41, 5.74) is 1.97. The number of carbonyl (C=O) groups is 1. The molecular formula is C10H10Br2O. The zero-order valence-electron chi connectivity index (χ0n) is 7.09. The predicted molar refractivity (Wildman–Crippen MR) is 61.6 cm³/mol. The molecule has 0 aliphatic heterocycles. The number of aldehydes is 1. The Morgan fingerprint density at radius 2 is 2.15 bits per heavy atom. The van der Waals surface area contributed by atoms with Gasteiger partial charge in [0, 0.05) is 15.4 Å². The van der Waals surface area contributed by atoms with Gasteiger partial charge in [0.15, 0.2) is 0 Å². The molecule has 0 unspecified atom stereocenters. The number of benzene rings is 1. The maximum Gasteiger partial charge on any atom is 0.150 e. The van der Waals surface area contributed by atoms with Gasteiger partial charge in [-0.1, -0.05) is 44.0 Å². The Labute approximate surface area is 94.8 Å². The van der Waals surface area contributed by atoms with E-state index >= 15 is 0 Å². The Kier molecular flexibility index (Phi) is 4.67. The van der Waals surface area contributed by atoms with E-state index in [1.165, 1.54) is 5.56 Å². The van der Waals surface area contributed by atoms with Gasteiger partial charge < -0.3 is 0 Å². The standard InChI is InChI=1S/C10H10Br2O/c11-5-1-2-9-4-3-8(7-13)6-10(9)12/h3-4,6-7H,1-2,5H2. The van der Waals surface area contributed by atoms with Gasteiger partial charge in [-0.15, -0.1) is 0 Å². The number of hydrogen-bond acceptors (Lipinski definition) is 1. The molecule has 1 rings (SSSR count). The first-order valence-electron chi connectivity index (χ1n) is 4.07. The third-order valence-corrected chi connectivity index (χ3v) is 3.09. The van der Waals surface area contributed by atoms with E-state index in [0.29, 0.717) is 0 Å². The molecule has 1 nitrogen and oxygen atoms in total. The maximum atomic E-state index is 10.5. The molecule has 0 aromatic heterocycles. The predicted octanol–water partition coefficient (Wildman–Crippen LogP) is 3.59. The van der Waals surface area contributed by atoms with Crippen molar-refractivity contribution in [1.82, 2.24) is 0 Å². The normalized spacial score (nSPS) is 10.0. The van der Waals surface area contributed by atoms with Crippen molar-refractivity contribution >= 4 is 38.1 Å². The fraction of sp³-hybridized carbons (Fsp3) is 0.300. The molecule has 0 atom stereocenters. The van der Waals surface area contributed by atoms with Crippen LogP contribution in [0, 0.1) is 0 Å². The van der Waals surface area contributed by atoms with E-state index in [-0.39, 0.29) is 0 Å². The molecule has 0 fully saturated rings. The molecule has 0 bridgehead atoms. The van der Waals surface area contributed by atoms with Gasteiger partial charge in [0.2, 0.25) is 0 Å². The first kappa shape index (κ1) is 10.9. The van der Waals surface area contributed by atoms with Crippen molar-refractivity contribution < 1.29 is 4.79 Å². The van der Waals surface area contributed by atoms with E-state index in [2.05, 4.69) is 31.9 Å². The first-order chi connectivity index (χ1) is 6.27. The Bertz CT molecular complexity index is 297. The molecule has 3 heteroatoms. The molecule has 1 aromatic rings. The Morgan fingerprint density at radius 3 is 2.69 bits per heavy atom. The lowest BCUT2D eigenvalue weighted by molar-refractivity contribution is 0.112. The number of carbonyl (C=O) groups excluding carboxylic acids is 1.